The molecule has 236 valence electrons. The Kier molecular flexibility index (Phi) is 8.63. The zero-order valence-electron chi connectivity index (χ0n) is 24.7. The van der Waals surface area contributed by atoms with Crippen LogP contribution in [-0.4, -0.2) is 53.6 Å². The lowest BCUT2D eigenvalue weighted by molar-refractivity contribution is -0.144. The molecule has 45 heavy (non-hydrogen) atoms. The Hall–Kier alpha value is -4.25. The third kappa shape index (κ3) is 6.05. The lowest BCUT2D eigenvalue weighted by Gasteiger charge is -2.45. The summed E-state index contributed by atoms with van der Waals surface area (Å²) >= 11 is 6.13. The molecule has 3 atom stereocenters. The summed E-state index contributed by atoms with van der Waals surface area (Å²) in [5.74, 6) is -2.49. The van der Waals surface area contributed by atoms with Crippen LogP contribution in [0.4, 0.5) is 25.0 Å². The van der Waals surface area contributed by atoms with Crippen molar-refractivity contribution in [1.82, 2.24) is 9.88 Å². The number of aromatic nitrogens is 1. The molecule has 3 aromatic rings. The standard InChI is InChI=1S/C33H33ClF2N4O5/c1-2-44-31(42)26-7-4-3-6-21(27-16-19(12-14-37-27)22-17-20(35)8-10-24(22)38-26)30(41)40-15-5-13-33(18-40)28-25(39-32(43)45-33)11-9-23(34)29(28)36/h8-12,14,16-17,21,26,38H,2-7,13,15,18H2,1H3,(H,39,43)/t21-,26-,33-/m0/s1. The monoisotopic (exact) mass is 638 g/mol. The molecule has 4 heterocycles. The number of nitrogens with one attached hydrogen (secondary N) is 2. The number of ether oxygens (including phenoxy) is 2. The van der Waals surface area contributed by atoms with Crippen LogP contribution < -0.4 is 10.6 Å². The van der Waals surface area contributed by atoms with Gasteiger partial charge in [-0.3, -0.25) is 15.1 Å². The third-order valence-corrected chi connectivity index (χ3v) is 9.00. The Labute approximate surface area is 264 Å². The number of fused-ring (bicyclic) bond motifs is 6. The smallest absolute Gasteiger partial charge is 0.412 e. The Morgan fingerprint density at radius 2 is 1.91 bits per heavy atom. The van der Waals surface area contributed by atoms with E-state index in [1.54, 1.807) is 36.2 Å². The number of likely N-dealkylation sites (tertiary alicyclic amines) is 1. The summed E-state index contributed by atoms with van der Waals surface area (Å²) in [5.41, 5.74) is 1.18. The van der Waals surface area contributed by atoms with E-state index in [1.807, 2.05) is 0 Å². The van der Waals surface area contributed by atoms with E-state index < -0.39 is 41.3 Å². The minimum Gasteiger partial charge on any atom is -0.464 e. The number of piperidine rings is 1. The lowest BCUT2D eigenvalue weighted by atomic mass is 9.82. The number of amides is 2. The molecule has 1 saturated heterocycles. The summed E-state index contributed by atoms with van der Waals surface area (Å²) < 4.78 is 41.1. The molecule has 1 spiro atoms. The predicted octanol–water partition coefficient (Wildman–Crippen LogP) is 6.76. The highest BCUT2D eigenvalue weighted by molar-refractivity contribution is 6.31. The van der Waals surface area contributed by atoms with Crippen molar-refractivity contribution in [2.75, 3.05) is 30.3 Å². The number of rotatable bonds is 3. The normalized spacial score (nSPS) is 22.8. The number of pyridine rings is 1. The van der Waals surface area contributed by atoms with Gasteiger partial charge in [0.2, 0.25) is 5.91 Å². The van der Waals surface area contributed by atoms with Gasteiger partial charge >= 0.3 is 12.1 Å². The van der Waals surface area contributed by atoms with Crippen molar-refractivity contribution in [3.63, 3.8) is 0 Å². The zero-order valence-corrected chi connectivity index (χ0v) is 25.5. The number of halogens is 3. The first-order chi connectivity index (χ1) is 21.7. The van der Waals surface area contributed by atoms with Crippen LogP contribution >= 0.6 is 11.6 Å². The average molecular weight is 639 g/mol. The van der Waals surface area contributed by atoms with E-state index in [-0.39, 0.29) is 35.3 Å². The highest BCUT2D eigenvalue weighted by atomic mass is 35.5. The molecule has 0 radical (unpaired) electrons. The first-order valence-corrected chi connectivity index (χ1v) is 15.5. The SMILES string of the molecule is CCOC(=O)[C@@H]1CCCC[C@H](C(=O)N2CCC[C@@]3(C2)OC(=O)Nc2ccc(Cl)c(F)c23)c2cc(ccn2)-c2cc(F)ccc2N1. The number of carbonyl (C=O) groups is 3. The highest BCUT2D eigenvalue weighted by Crippen LogP contribution is 2.46. The fourth-order valence-electron chi connectivity index (χ4n) is 6.64. The van der Waals surface area contributed by atoms with Gasteiger partial charge in [0, 0.05) is 24.0 Å². The Bertz CT molecular complexity index is 1660. The first-order valence-electron chi connectivity index (χ1n) is 15.2. The van der Waals surface area contributed by atoms with Crippen molar-refractivity contribution in [3.8, 4) is 11.1 Å². The van der Waals surface area contributed by atoms with Crippen molar-refractivity contribution >= 4 is 40.9 Å². The third-order valence-electron chi connectivity index (χ3n) is 8.71. The van der Waals surface area contributed by atoms with Crippen molar-refractivity contribution in [1.29, 1.82) is 0 Å². The van der Waals surface area contributed by atoms with Crippen molar-refractivity contribution < 1.29 is 32.6 Å². The van der Waals surface area contributed by atoms with E-state index in [1.165, 1.54) is 24.3 Å². The second-order valence-electron chi connectivity index (χ2n) is 11.6. The van der Waals surface area contributed by atoms with Crippen molar-refractivity contribution in [2.45, 2.75) is 63.0 Å². The second kappa shape index (κ2) is 12.6. The summed E-state index contributed by atoms with van der Waals surface area (Å²) in [6.45, 7) is 2.29. The van der Waals surface area contributed by atoms with Gasteiger partial charge < -0.3 is 19.7 Å². The zero-order chi connectivity index (χ0) is 31.7. The van der Waals surface area contributed by atoms with E-state index in [0.29, 0.717) is 67.6 Å². The van der Waals surface area contributed by atoms with Gasteiger partial charge in [0.05, 0.1) is 41.0 Å². The van der Waals surface area contributed by atoms with E-state index in [4.69, 9.17) is 21.1 Å². The molecule has 2 bridgehead atoms. The van der Waals surface area contributed by atoms with Crippen LogP contribution in [0.25, 0.3) is 11.1 Å². The van der Waals surface area contributed by atoms with Crippen molar-refractivity contribution in [3.05, 3.63) is 76.6 Å². The molecular weight excluding hydrogens is 606 g/mol. The van der Waals surface area contributed by atoms with Gasteiger partial charge in [0.1, 0.15) is 11.9 Å². The van der Waals surface area contributed by atoms with E-state index >= 15 is 4.39 Å². The van der Waals surface area contributed by atoms with E-state index in [2.05, 4.69) is 15.6 Å². The number of anilines is 2. The van der Waals surface area contributed by atoms with Crippen LogP contribution in [0.1, 0.15) is 62.6 Å². The maximum absolute atomic E-state index is 15.5. The maximum atomic E-state index is 15.5. The molecule has 0 unspecified atom stereocenters. The summed E-state index contributed by atoms with van der Waals surface area (Å²) in [4.78, 5) is 46.0. The summed E-state index contributed by atoms with van der Waals surface area (Å²) in [6, 6.07) is 10.0. The Morgan fingerprint density at radius 1 is 1.11 bits per heavy atom. The van der Waals surface area contributed by atoms with Gasteiger partial charge in [-0.1, -0.05) is 24.4 Å². The number of benzene rings is 2. The fraction of sp³-hybridized carbons (Fsp3) is 0.394. The minimum absolute atomic E-state index is 0.0530. The average Bonchev–Trinajstić information content (AvgIpc) is 3.02. The number of hydrogen-bond acceptors (Lipinski definition) is 7. The van der Waals surface area contributed by atoms with E-state index in [9.17, 15) is 18.8 Å². The number of hydrogen-bond donors (Lipinski definition) is 2. The first kappa shape index (κ1) is 30.8. The molecule has 12 heteroatoms. The molecule has 2 N–H and O–H groups in total. The summed E-state index contributed by atoms with van der Waals surface area (Å²) in [7, 11) is 0. The van der Waals surface area contributed by atoms with Gasteiger partial charge in [0.15, 0.2) is 11.4 Å². The Balaban J connectivity index is 1.36. The fourth-order valence-corrected chi connectivity index (χ4v) is 6.80. The molecule has 6 rings (SSSR count). The van der Waals surface area contributed by atoms with Gasteiger partial charge in [0.25, 0.3) is 0 Å². The number of nitrogens with zero attached hydrogens (tertiary/aromatic N) is 2. The van der Waals surface area contributed by atoms with E-state index in [0.717, 1.165) is 0 Å². The van der Waals surface area contributed by atoms with Crippen LogP contribution in [0.15, 0.2) is 48.7 Å². The van der Waals surface area contributed by atoms with Gasteiger partial charge in [-0.05, 0) is 80.6 Å². The molecule has 3 aliphatic heterocycles. The van der Waals surface area contributed by atoms with Crippen LogP contribution in [0, 0.1) is 11.6 Å². The highest BCUT2D eigenvalue weighted by Gasteiger charge is 2.49. The number of carbonyl (C=O) groups excluding carboxylic acids is 3. The largest absolute Gasteiger partial charge is 0.464 e. The van der Waals surface area contributed by atoms with Crippen LogP contribution in [0.2, 0.25) is 5.02 Å². The predicted molar refractivity (Wildman–Crippen MR) is 164 cm³/mol. The van der Waals surface area contributed by atoms with Crippen LogP contribution in [-0.2, 0) is 24.7 Å². The molecule has 9 nitrogen and oxygen atoms in total. The quantitative estimate of drug-likeness (QED) is 0.305. The molecule has 2 amide bonds. The van der Waals surface area contributed by atoms with Gasteiger partial charge in [-0.25, -0.2) is 18.4 Å². The maximum Gasteiger partial charge on any atom is 0.412 e. The Morgan fingerprint density at radius 3 is 2.73 bits per heavy atom. The number of esters is 1. The molecule has 1 aromatic heterocycles. The van der Waals surface area contributed by atoms with Crippen LogP contribution in [0.5, 0.6) is 0 Å². The molecule has 0 saturated carbocycles. The molecule has 2 aromatic carbocycles. The summed E-state index contributed by atoms with van der Waals surface area (Å²) in [6.07, 6.45) is 3.68. The second-order valence-corrected chi connectivity index (χ2v) is 12.0. The topological polar surface area (TPSA) is 110 Å². The van der Waals surface area contributed by atoms with Gasteiger partial charge in [-0.2, -0.15) is 0 Å². The molecule has 3 aliphatic rings. The lowest BCUT2D eigenvalue weighted by Crippen LogP contribution is -2.54. The molecule has 0 aliphatic carbocycles. The molecular formula is C33H33ClF2N4O5. The van der Waals surface area contributed by atoms with Crippen LogP contribution in [0.3, 0.4) is 0 Å². The summed E-state index contributed by atoms with van der Waals surface area (Å²) in [5, 5.41) is 5.69. The molecule has 1 fully saturated rings. The van der Waals surface area contributed by atoms with Gasteiger partial charge in [-0.15, -0.1) is 0 Å². The minimum atomic E-state index is -1.41. The van der Waals surface area contributed by atoms with Crippen molar-refractivity contribution in [2.24, 2.45) is 0 Å².